The maximum atomic E-state index is 12.2. The van der Waals surface area contributed by atoms with Gasteiger partial charge in [-0.05, 0) is 54.4 Å². The zero-order valence-corrected chi connectivity index (χ0v) is 21.7. The van der Waals surface area contributed by atoms with E-state index in [0.29, 0.717) is 12.2 Å². The first kappa shape index (κ1) is 28.3. The van der Waals surface area contributed by atoms with Crippen LogP contribution in [0.4, 0.5) is 17.3 Å². The summed E-state index contributed by atoms with van der Waals surface area (Å²) in [5.41, 5.74) is 8.16. The minimum atomic E-state index is -6.00. The Morgan fingerprint density at radius 3 is 1.43 bits per heavy atom. The summed E-state index contributed by atoms with van der Waals surface area (Å²) in [6, 6.07) is 43.3. The van der Waals surface area contributed by atoms with E-state index in [-0.39, 0.29) is 5.97 Å². The van der Waals surface area contributed by atoms with Gasteiger partial charge in [0.2, 0.25) is 17.1 Å². The van der Waals surface area contributed by atoms with Gasteiger partial charge in [0.25, 0.3) is 0 Å². The lowest BCUT2D eigenvalue weighted by Gasteiger charge is -2.13. The number of nitrogens with zero attached hydrogens (tertiary/aromatic N) is 1. The van der Waals surface area contributed by atoms with E-state index < -0.39 is 7.25 Å². The summed E-state index contributed by atoms with van der Waals surface area (Å²) >= 11 is 0. The molecule has 8 heteroatoms. The number of pyridine rings is 1. The fraction of sp³-hybridized carbons (Fsp3) is 0.0625. The molecule has 0 bridgehead atoms. The molecule has 1 heterocycles. The van der Waals surface area contributed by atoms with Gasteiger partial charge in [0.1, 0.15) is 0 Å². The van der Waals surface area contributed by atoms with Crippen LogP contribution in [0.15, 0.2) is 127 Å². The van der Waals surface area contributed by atoms with Crippen LogP contribution in [0.2, 0.25) is 0 Å². The first-order chi connectivity index (χ1) is 19.2. The number of ether oxygens (including phenoxy) is 1. The average molecular weight is 543 g/mol. The number of esters is 1. The number of benzene rings is 4. The second-order valence-electron chi connectivity index (χ2n) is 8.71. The van der Waals surface area contributed by atoms with Crippen LogP contribution in [-0.2, 0) is 4.74 Å². The Morgan fingerprint density at radius 2 is 1.02 bits per heavy atom. The first-order valence-corrected chi connectivity index (χ1v) is 12.7. The van der Waals surface area contributed by atoms with Gasteiger partial charge in [0, 0.05) is 35.4 Å². The average Bonchev–Trinajstić information content (AvgIpc) is 2.97. The van der Waals surface area contributed by atoms with Crippen LogP contribution in [0.5, 0.6) is 0 Å². The Labute approximate surface area is 230 Å². The van der Waals surface area contributed by atoms with Crippen molar-refractivity contribution in [3.63, 3.8) is 0 Å². The summed E-state index contributed by atoms with van der Waals surface area (Å²) < 4.78 is 46.4. The third-order valence-corrected chi connectivity index (χ3v) is 5.95. The lowest BCUT2D eigenvalue weighted by atomic mass is 9.98. The van der Waals surface area contributed by atoms with Crippen LogP contribution >= 0.6 is 0 Å². The van der Waals surface area contributed by atoms with E-state index in [0.717, 1.165) is 39.3 Å². The number of hydrogen-bond acceptors (Lipinski definition) is 2. The van der Waals surface area contributed by atoms with Crippen LogP contribution in [0.1, 0.15) is 17.3 Å². The third kappa shape index (κ3) is 7.44. The van der Waals surface area contributed by atoms with Gasteiger partial charge in [-0.3, -0.25) is 0 Å². The van der Waals surface area contributed by atoms with Crippen molar-refractivity contribution in [2.75, 3.05) is 6.61 Å². The molecule has 0 fully saturated rings. The zero-order valence-electron chi connectivity index (χ0n) is 21.7. The van der Waals surface area contributed by atoms with E-state index in [1.54, 1.807) is 0 Å². The van der Waals surface area contributed by atoms with Crippen LogP contribution < -0.4 is 4.57 Å². The monoisotopic (exact) mass is 543 g/mol. The van der Waals surface area contributed by atoms with Gasteiger partial charge in [-0.1, -0.05) is 66.7 Å². The van der Waals surface area contributed by atoms with Crippen LogP contribution in [0.25, 0.3) is 39.3 Å². The number of rotatable bonds is 6. The molecular weight excluding hydrogens is 517 g/mol. The van der Waals surface area contributed by atoms with Gasteiger partial charge in [-0.25, -0.2) is 4.79 Å². The van der Waals surface area contributed by atoms with Gasteiger partial charge in [0.05, 0.1) is 12.2 Å². The Morgan fingerprint density at radius 1 is 0.625 bits per heavy atom. The predicted molar refractivity (Wildman–Crippen MR) is 150 cm³/mol. The normalized spacial score (nSPS) is 10.8. The third-order valence-electron chi connectivity index (χ3n) is 5.95. The maximum Gasteiger partial charge on any atom is 0.673 e. The molecule has 40 heavy (non-hydrogen) atoms. The Balaban J connectivity index is 0.000000681. The standard InChI is InChI=1S/C32H26NO2.BF4/c1-2-35-32(34)27-18-20-29(21-19-27)33-30(25-14-8-4-9-15-25)22-28(24-12-6-3-7-13-24)23-31(33)26-16-10-5-11-17-26;2-1(3,4)5/h3-23H,2H2,1H3;/q+1;-1. The molecule has 0 N–H and O–H groups in total. The Bertz CT molecular complexity index is 1480. The van der Waals surface area contributed by atoms with E-state index in [4.69, 9.17) is 4.74 Å². The van der Waals surface area contributed by atoms with Crippen molar-refractivity contribution in [2.45, 2.75) is 6.92 Å². The second kappa shape index (κ2) is 12.9. The number of carbonyl (C=O) groups excluding carboxylic acids is 1. The Kier molecular flexibility index (Phi) is 9.12. The van der Waals surface area contributed by atoms with Crippen molar-refractivity contribution in [1.82, 2.24) is 0 Å². The molecule has 202 valence electrons. The number of aromatic nitrogens is 1. The molecule has 5 aromatic rings. The van der Waals surface area contributed by atoms with Gasteiger partial charge < -0.3 is 22.0 Å². The van der Waals surface area contributed by atoms with Crippen molar-refractivity contribution in [1.29, 1.82) is 0 Å². The van der Waals surface area contributed by atoms with E-state index in [1.807, 2.05) is 49.4 Å². The van der Waals surface area contributed by atoms with Gasteiger partial charge in [-0.2, -0.15) is 4.57 Å². The van der Waals surface area contributed by atoms with E-state index in [1.165, 1.54) is 0 Å². The van der Waals surface area contributed by atoms with Crippen molar-refractivity contribution in [3.05, 3.63) is 133 Å². The number of carbonyl (C=O) groups is 1. The molecule has 0 aliphatic heterocycles. The molecule has 4 aromatic carbocycles. The van der Waals surface area contributed by atoms with Gasteiger partial charge in [-0.15, -0.1) is 0 Å². The maximum absolute atomic E-state index is 12.2. The fourth-order valence-electron chi connectivity index (χ4n) is 4.27. The van der Waals surface area contributed by atoms with E-state index in [2.05, 4.69) is 89.5 Å². The summed E-state index contributed by atoms with van der Waals surface area (Å²) in [5.74, 6) is -0.310. The minimum Gasteiger partial charge on any atom is -0.462 e. The lowest BCUT2D eigenvalue weighted by Crippen LogP contribution is -2.36. The predicted octanol–water partition coefficient (Wildman–Crippen LogP) is 8.44. The molecule has 0 aliphatic rings. The van der Waals surface area contributed by atoms with Gasteiger partial charge >= 0.3 is 13.2 Å². The van der Waals surface area contributed by atoms with Crippen LogP contribution in [0.3, 0.4) is 0 Å². The van der Waals surface area contributed by atoms with Crippen molar-refractivity contribution in [3.8, 4) is 39.3 Å². The van der Waals surface area contributed by atoms with Crippen LogP contribution in [0, 0.1) is 0 Å². The highest BCUT2D eigenvalue weighted by molar-refractivity contribution is 6.50. The molecule has 0 saturated carbocycles. The molecule has 1 aromatic heterocycles. The molecule has 0 spiro atoms. The highest BCUT2D eigenvalue weighted by atomic mass is 19.5. The highest BCUT2D eigenvalue weighted by Crippen LogP contribution is 2.30. The Hall–Kier alpha value is -4.72. The number of halogens is 4. The topological polar surface area (TPSA) is 30.2 Å². The molecule has 0 saturated heterocycles. The highest BCUT2D eigenvalue weighted by Gasteiger charge is 2.25. The minimum absolute atomic E-state index is 0.310. The molecule has 0 aliphatic carbocycles. The summed E-state index contributed by atoms with van der Waals surface area (Å²) in [5, 5.41) is 0. The van der Waals surface area contributed by atoms with Gasteiger partial charge in [0.15, 0.2) is 0 Å². The fourth-order valence-corrected chi connectivity index (χ4v) is 4.27. The molecule has 3 nitrogen and oxygen atoms in total. The summed E-state index contributed by atoms with van der Waals surface area (Å²) in [4.78, 5) is 12.2. The molecule has 0 amide bonds. The van der Waals surface area contributed by atoms with Crippen molar-refractivity contribution in [2.24, 2.45) is 0 Å². The van der Waals surface area contributed by atoms with Crippen molar-refractivity contribution >= 4 is 13.2 Å². The smallest absolute Gasteiger partial charge is 0.462 e. The molecule has 0 unspecified atom stereocenters. The van der Waals surface area contributed by atoms with Crippen LogP contribution in [-0.4, -0.2) is 19.8 Å². The molecule has 0 atom stereocenters. The second-order valence-corrected chi connectivity index (χ2v) is 8.71. The summed E-state index contributed by atoms with van der Waals surface area (Å²) in [6.45, 7) is 2.17. The molecule has 0 radical (unpaired) electrons. The molecule has 5 rings (SSSR count). The first-order valence-electron chi connectivity index (χ1n) is 12.7. The van der Waals surface area contributed by atoms with Crippen molar-refractivity contribution < 1.29 is 31.4 Å². The number of hydrogen-bond donors (Lipinski definition) is 0. The lowest BCUT2D eigenvalue weighted by molar-refractivity contribution is -0.572. The SMILES string of the molecule is CCOC(=O)c1ccc(-[n+]2c(-c3ccccc3)cc(-c3ccccc3)cc2-c2ccccc2)cc1.F[B-](F)(F)F. The quantitative estimate of drug-likeness (QED) is 0.0932. The van der Waals surface area contributed by atoms with E-state index in [9.17, 15) is 22.1 Å². The molecular formula is C32H26BF4NO2. The van der Waals surface area contributed by atoms with E-state index >= 15 is 0 Å². The summed E-state index contributed by atoms with van der Waals surface area (Å²) in [6.07, 6.45) is 0. The zero-order chi connectivity index (χ0) is 28.5. The largest absolute Gasteiger partial charge is 0.673 e. The summed E-state index contributed by atoms with van der Waals surface area (Å²) in [7, 11) is -6.00.